The van der Waals surface area contributed by atoms with Crippen molar-refractivity contribution in [2.75, 3.05) is 13.1 Å². The average Bonchev–Trinajstić information content (AvgIpc) is 2.10. The monoisotopic (exact) mass is 184 g/mol. The molecule has 0 aromatic rings. The summed E-state index contributed by atoms with van der Waals surface area (Å²) >= 11 is 0. The molecule has 4 nitrogen and oxygen atoms in total. The van der Waals surface area contributed by atoms with Gasteiger partial charge in [0.05, 0.1) is 0 Å². The van der Waals surface area contributed by atoms with Gasteiger partial charge in [-0.3, -0.25) is 9.59 Å². The van der Waals surface area contributed by atoms with Gasteiger partial charge >= 0.3 is 0 Å². The lowest BCUT2D eigenvalue weighted by Gasteiger charge is -2.03. The van der Waals surface area contributed by atoms with Gasteiger partial charge in [-0.15, -0.1) is 0 Å². The number of hydrogen-bond donors (Lipinski definition) is 2. The van der Waals surface area contributed by atoms with Crippen molar-refractivity contribution >= 4 is 12.3 Å². The molecule has 74 valence electrons. The SMILES string of the molecule is C=C(C)C(=O)NCCCCNC=O. The van der Waals surface area contributed by atoms with Crippen molar-refractivity contribution in [2.24, 2.45) is 0 Å². The molecule has 0 radical (unpaired) electrons. The molecule has 0 aliphatic carbocycles. The van der Waals surface area contributed by atoms with Crippen molar-refractivity contribution in [3.63, 3.8) is 0 Å². The van der Waals surface area contributed by atoms with Crippen molar-refractivity contribution in [3.05, 3.63) is 12.2 Å². The molecular formula is C9H16N2O2. The van der Waals surface area contributed by atoms with Gasteiger partial charge in [-0.25, -0.2) is 0 Å². The Kier molecular flexibility index (Phi) is 6.59. The van der Waals surface area contributed by atoms with Crippen LogP contribution >= 0.6 is 0 Å². The molecule has 4 heteroatoms. The first kappa shape index (κ1) is 11.7. The van der Waals surface area contributed by atoms with E-state index >= 15 is 0 Å². The molecule has 2 amide bonds. The number of carbonyl (C=O) groups is 2. The van der Waals surface area contributed by atoms with Gasteiger partial charge in [0, 0.05) is 18.7 Å². The first-order chi connectivity index (χ1) is 6.18. The van der Waals surface area contributed by atoms with E-state index in [1.807, 2.05) is 0 Å². The highest BCUT2D eigenvalue weighted by atomic mass is 16.1. The molecule has 2 N–H and O–H groups in total. The summed E-state index contributed by atoms with van der Waals surface area (Å²) in [7, 11) is 0. The van der Waals surface area contributed by atoms with Crippen LogP contribution in [0.25, 0.3) is 0 Å². The normalized spacial score (nSPS) is 9.00. The van der Waals surface area contributed by atoms with Crippen molar-refractivity contribution < 1.29 is 9.59 Å². The van der Waals surface area contributed by atoms with E-state index in [0.29, 0.717) is 25.1 Å². The summed E-state index contributed by atoms with van der Waals surface area (Å²) < 4.78 is 0. The van der Waals surface area contributed by atoms with Gasteiger partial charge in [-0.05, 0) is 19.8 Å². The lowest BCUT2D eigenvalue weighted by Crippen LogP contribution is -2.25. The third-order valence-electron chi connectivity index (χ3n) is 1.50. The molecule has 0 aromatic heterocycles. The van der Waals surface area contributed by atoms with Gasteiger partial charge in [0.25, 0.3) is 0 Å². The first-order valence-corrected chi connectivity index (χ1v) is 4.29. The van der Waals surface area contributed by atoms with Gasteiger partial charge in [-0.2, -0.15) is 0 Å². The summed E-state index contributed by atoms with van der Waals surface area (Å²) in [6.07, 6.45) is 2.40. The van der Waals surface area contributed by atoms with Crippen molar-refractivity contribution in [1.82, 2.24) is 10.6 Å². The van der Waals surface area contributed by atoms with E-state index in [2.05, 4.69) is 17.2 Å². The van der Waals surface area contributed by atoms with E-state index < -0.39 is 0 Å². The highest BCUT2D eigenvalue weighted by Crippen LogP contribution is 1.88. The fraction of sp³-hybridized carbons (Fsp3) is 0.556. The lowest BCUT2D eigenvalue weighted by molar-refractivity contribution is -0.117. The Morgan fingerprint density at radius 3 is 2.54 bits per heavy atom. The summed E-state index contributed by atoms with van der Waals surface area (Å²) in [5, 5.41) is 5.25. The summed E-state index contributed by atoms with van der Waals surface area (Å²) in [5.74, 6) is -0.108. The highest BCUT2D eigenvalue weighted by molar-refractivity contribution is 5.91. The predicted octanol–water partition coefficient (Wildman–Crippen LogP) is 0.205. The first-order valence-electron chi connectivity index (χ1n) is 4.29. The number of rotatable bonds is 7. The van der Waals surface area contributed by atoms with Gasteiger partial charge in [0.1, 0.15) is 0 Å². The fourth-order valence-electron chi connectivity index (χ4n) is 0.764. The number of nitrogens with one attached hydrogen (secondary N) is 2. The van der Waals surface area contributed by atoms with E-state index in [9.17, 15) is 9.59 Å². The minimum atomic E-state index is -0.108. The van der Waals surface area contributed by atoms with Crippen molar-refractivity contribution in [1.29, 1.82) is 0 Å². The Morgan fingerprint density at radius 1 is 1.38 bits per heavy atom. The van der Waals surface area contributed by atoms with E-state index in [0.717, 1.165) is 12.8 Å². The summed E-state index contributed by atoms with van der Waals surface area (Å²) in [6, 6.07) is 0. The van der Waals surface area contributed by atoms with Crippen LogP contribution in [0.5, 0.6) is 0 Å². The molecule has 0 spiro atoms. The molecule has 0 atom stereocenters. The zero-order valence-electron chi connectivity index (χ0n) is 7.93. The van der Waals surface area contributed by atoms with E-state index in [4.69, 9.17) is 0 Å². The number of hydrogen-bond acceptors (Lipinski definition) is 2. The molecule has 0 bridgehead atoms. The third-order valence-corrected chi connectivity index (χ3v) is 1.50. The maximum Gasteiger partial charge on any atom is 0.246 e. The topological polar surface area (TPSA) is 58.2 Å². The van der Waals surface area contributed by atoms with Crippen LogP contribution in [0.4, 0.5) is 0 Å². The summed E-state index contributed by atoms with van der Waals surface area (Å²) in [6.45, 7) is 6.47. The average molecular weight is 184 g/mol. The molecule has 0 rings (SSSR count). The molecule has 0 heterocycles. The van der Waals surface area contributed by atoms with E-state index in [-0.39, 0.29) is 5.91 Å². The molecule has 0 aliphatic heterocycles. The maximum atomic E-state index is 10.9. The second-order valence-electron chi connectivity index (χ2n) is 2.82. The largest absolute Gasteiger partial charge is 0.359 e. The van der Waals surface area contributed by atoms with Crippen LogP contribution in [-0.2, 0) is 9.59 Å². The standard InChI is InChI=1S/C9H16N2O2/c1-8(2)9(13)11-6-4-3-5-10-7-12/h7H,1,3-6H2,2H3,(H,10,12)(H,11,13). The summed E-state index contributed by atoms with van der Waals surface area (Å²) in [5.41, 5.74) is 0.519. The van der Waals surface area contributed by atoms with Gasteiger partial charge in [0.2, 0.25) is 12.3 Å². The number of carbonyl (C=O) groups excluding carboxylic acids is 2. The fourth-order valence-corrected chi connectivity index (χ4v) is 0.764. The van der Waals surface area contributed by atoms with Gasteiger partial charge in [-0.1, -0.05) is 6.58 Å². The van der Waals surface area contributed by atoms with Crippen molar-refractivity contribution in [3.8, 4) is 0 Å². The molecule has 0 fully saturated rings. The quantitative estimate of drug-likeness (QED) is 0.337. The van der Waals surface area contributed by atoms with Crippen LogP contribution < -0.4 is 10.6 Å². The van der Waals surface area contributed by atoms with E-state index in [1.165, 1.54) is 0 Å². The Morgan fingerprint density at radius 2 is 2.00 bits per heavy atom. The van der Waals surface area contributed by atoms with Crippen LogP contribution in [0.3, 0.4) is 0 Å². The van der Waals surface area contributed by atoms with Crippen LogP contribution in [0.15, 0.2) is 12.2 Å². The smallest absolute Gasteiger partial charge is 0.246 e. The van der Waals surface area contributed by atoms with Crippen LogP contribution in [0.1, 0.15) is 19.8 Å². The van der Waals surface area contributed by atoms with Crippen LogP contribution in [-0.4, -0.2) is 25.4 Å². The highest BCUT2D eigenvalue weighted by Gasteiger charge is 1.98. The third kappa shape index (κ3) is 7.05. The predicted molar refractivity (Wildman–Crippen MR) is 51.1 cm³/mol. The minimum Gasteiger partial charge on any atom is -0.359 e. The van der Waals surface area contributed by atoms with Crippen molar-refractivity contribution in [2.45, 2.75) is 19.8 Å². The Hall–Kier alpha value is -1.32. The Bertz CT molecular complexity index is 190. The molecule has 0 unspecified atom stereocenters. The molecule has 0 saturated heterocycles. The Labute approximate surface area is 78.4 Å². The maximum absolute atomic E-state index is 10.9. The Balaban J connectivity index is 3.21. The number of amides is 2. The lowest BCUT2D eigenvalue weighted by atomic mass is 10.3. The van der Waals surface area contributed by atoms with Gasteiger partial charge < -0.3 is 10.6 Å². The molecular weight excluding hydrogens is 168 g/mol. The minimum absolute atomic E-state index is 0.108. The second-order valence-corrected chi connectivity index (χ2v) is 2.82. The van der Waals surface area contributed by atoms with Crippen LogP contribution in [0, 0.1) is 0 Å². The molecule has 0 saturated carbocycles. The van der Waals surface area contributed by atoms with Crippen LogP contribution in [0.2, 0.25) is 0 Å². The number of unbranched alkanes of at least 4 members (excludes halogenated alkanes) is 1. The van der Waals surface area contributed by atoms with E-state index in [1.54, 1.807) is 6.92 Å². The zero-order chi connectivity index (χ0) is 10.1. The zero-order valence-corrected chi connectivity index (χ0v) is 7.93. The second kappa shape index (κ2) is 7.34. The van der Waals surface area contributed by atoms with Gasteiger partial charge in [0.15, 0.2) is 0 Å². The molecule has 13 heavy (non-hydrogen) atoms. The molecule has 0 aliphatic rings. The summed E-state index contributed by atoms with van der Waals surface area (Å²) in [4.78, 5) is 20.8. The molecule has 0 aromatic carbocycles.